The Kier molecular flexibility index (Phi) is 10.6. The minimum atomic E-state index is -1.04. The summed E-state index contributed by atoms with van der Waals surface area (Å²) < 4.78 is 5.35. The van der Waals surface area contributed by atoms with E-state index in [4.69, 9.17) is 4.74 Å². The molecule has 0 aliphatic carbocycles. The van der Waals surface area contributed by atoms with Crippen LogP contribution in [-0.4, -0.2) is 51.4 Å². The lowest BCUT2D eigenvalue weighted by atomic mass is 9.97. The number of nitrogens with one attached hydrogen (secondary N) is 2. The fraction of sp³-hybridized carbons (Fsp3) is 0.483. The fourth-order valence-electron chi connectivity index (χ4n) is 4.10. The van der Waals surface area contributed by atoms with Gasteiger partial charge in [-0.1, -0.05) is 31.2 Å². The van der Waals surface area contributed by atoms with Crippen LogP contribution in [0.4, 0.5) is 10.5 Å². The number of anilines is 1. The average Bonchev–Trinajstić information content (AvgIpc) is 2.83. The first kappa shape index (κ1) is 31.0. The zero-order valence-corrected chi connectivity index (χ0v) is 24.5. The van der Waals surface area contributed by atoms with Gasteiger partial charge >= 0.3 is 6.09 Å². The van der Waals surface area contributed by atoms with E-state index in [0.29, 0.717) is 23.2 Å². The fourth-order valence-corrected chi connectivity index (χ4v) is 4.35. The van der Waals surface area contributed by atoms with Gasteiger partial charge in [0, 0.05) is 17.5 Å². The van der Waals surface area contributed by atoms with Crippen LogP contribution in [0.5, 0.6) is 5.75 Å². The predicted molar refractivity (Wildman–Crippen MR) is 154 cm³/mol. The third-order valence-electron chi connectivity index (χ3n) is 6.28. The van der Waals surface area contributed by atoms with E-state index < -0.39 is 35.6 Å². The standard InChI is InChI=1S/C29H41N3O5S/c1-9-20(5)32(27(35)22(16-38)30-28(36)37-29(6,7)8)25(21-13-14-23(33)19(4)15-21)26(34)31-24-17(2)11-10-12-18(24)3/h10-15,20,22,25,33,38H,9,16H2,1-8H3,(H,30,36)(H,31,34). The second-order valence-corrected chi connectivity index (χ2v) is 11.0. The van der Waals surface area contributed by atoms with Crippen molar-refractivity contribution in [3.05, 3.63) is 58.7 Å². The Morgan fingerprint density at radius 1 is 1.05 bits per heavy atom. The molecule has 0 spiro atoms. The number of nitrogens with zero attached hydrogens (tertiary/aromatic N) is 1. The summed E-state index contributed by atoms with van der Waals surface area (Å²) in [7, 11) is 0. The zero-order valence-electron chi connectivity index (χ0n) is 23.6. The number of amides is 3. The monoisotopic (exact) mass is 543 g/mol. The molecule has 0 aliphatic heterocycles. The highest BCUT2D eigenvalue weighted by atomic mass is 32.1. The molecule has 0 heterocycles. The van der Waals surface area contributed by atoms with E-state index in [1.807, 2.05) is 45.9 Å². The molecule has 3 amide bonds. The van der Waals surface area contributed by atoms with Gasteiger partial charge in [-0.15, -0.1) is 0 Å². The third kappa shape index (κ3) is 7.90. The maximum absolute atomic E-state index is 14.0. The number of phenols is 1. The third-order valence-corrected chi connectivity index (χ3v) is 6.65. The molecule has 0 aromatic heterocycles. The van der Waals surface area contributed by atoms with Crippen molar-refractivity contribution in [3.63, 3.8) is 0 Å². The van der Waals surface area contributed by atoms with E-state index in [2.05, 4.69) is 23.3 Å². The van der Waals surface area contributed by atoms with Gasteiger partial charge in [0.05, 0.1) is 0 Å². The van der Waals surface area contributed by atoms with Crippen LogP contribution in [0.15, 0.2) is 36.4 Å². The zero-order chi connectivity index (χ0) is 28.8. The number of rotatable bonds is 9. The summed E-state index contributed by atoms with van der Waals surface area (Å²) in [6.45, 7) is 14.5. The molecule has 0 saturated heterocycles. The molecule has 38 heavy (non-hydrogen) atoms. The van der Waals surface area contributed by atoms with Gasteiger partial charge in [0.1, 0.15) is 23.4 Å². The first-order valence-corrected chi connectivity index (χ1v) is 13.4. The number of thiol groups is 1. The molecule has 0 fully saturated rings. The number of carbonyl (C=O) groups is 3. The molecule has 3 unspecified atom stereocenters. The topological polar surface area (TPSA) is 108 Å². The van der Waals surface area contributed by atoms with Crippen LogP contribution >= 0.6 is 12.6 Å². The molecule has 0 radical (unpaired) electrons. The van der Waals surface area contributed by atoms with Crippen LogP contribution in [0.2, 0.25) is 0 Å². The van der Waals surface area contributed by atoms with Crippen molar-refractivity contribution in [1.29, 1.82) is 0 Å². The largest absolute Gasteiger partial charge is 0.508 e. The van der Waals surface area contributed by atoms with E-state index in [1.165, 1.54) is 11.0 Å². The summed E-state index contributed by atoms with van der Waals surface area (Å²) in [6.07, 6.45) is -0.187. The van der Waals surface area contributed by atoms with E-state index in [-0.39, 0.29) is 17.5 Å². The summed E-state index contributed by atoms with van der Waals surface area (Å²) in [5, 5.41) is 15.8. The number of ether oxygens (including phenoxy) is 1. The van der Waals surface area contributed by atoms with Crippen LogP contribution in [0.3, 0.4) is 0 Å². The van der Waals surface area contributed by atoms with Gasteiger partial charge in [0.25, 0.3) is 5.91 Å². The first-order chi connectivity index (χ1) is 17.7. The van der Waals surface area contributed by atoms with E-state index >= 15 is 0 Å². The van der Waals surface area contributed by atoms with Gasteiger partial charge < -0.3 is 25.4 Å². The summed E-state index contributed by atoms with van der Waals surface area (Å²) >= 11 is 4.33. The number of benzene rings is 2. The maximum Gasteiger partial charge on any atom is 0.408 e. The number of hydrogen-bond donors (Lipinski definition) is 4. The van der Waals surface area contributed by atoms with Crippen molar-refractivity contribution in [2.24, 2.45) is 0 Å². The summed E-state index contributed by atoms with van der Waals surface area (Å²) in [4.78, 5) is 42.0. The summed E-state index contributed by atoms with van der Waals surface area (Å²) in [6, 6.07) is 8.13. The first-order valence-electron chi connectivity index (χ1n) is 12.8. The van der Waals surface area contributed by atoms with Gasteiger partial charge in [0.15, 0.2) is 0 Å². The molecule has 0 aliphatic rings. The van der Waals surface area contributed by atoms with Crippen molar-refractivity contribution in [3.8, 4) is 5.75 Å². The number of aryl methyl sites for hydroxylation is 3. The number of carbonyl (C=O) groups excluding carboxylic acids is 3. The summed E-state index contributed by atoms with van der Waals surface area (Å²) in [5.41, 5.74) is 2.81. The van der Waals surface area contributed by atoms with Crippen molar-refractivity contribution >= 4 is 36.2 Å². The molecule has 3 N–H and O–H groups in total. The molecule has 0 bridgehead atoms. The predicted octanol–water partition coefficient (Wildman–Crippen LogP) is 5.45. The van der Waals surface area contributed by atoms with Gasteiger partial charge in [-0.2, -0.15) is 12.6 Å². The van der Waals surface area contributed by atoms with Crippen molar-refractivity contribution < 1.29 is 24.2 Å². The van der Waals surface area contributed by atoms with Crippen LogP contribution in [0.1, 0.15) is 69.3 Å². The molecule has 2 aromatic carbocycles. The number of alkyl carbamates (subject to hydrolysis) is 1. The van der Waals surface area contributed by atoms with Gasteiger partial charge in [-0.3, -0.25) is 9.59 Å². The molecule has 3 atom stereocenters. The normalized spacial score (nSPS) is 13.7. The number of para-hydroxylation sites is 1. The van der Waals surface area contributed by atoms with Crippen LogP contribution in [0, 0.1) is 20.8 Å². The van der Waals surface area contributed by atoms with E-state index in [1.54, 1.807) is 39.8 Å². The SMILES string of the molecule is CCC(C)N(C(=O)C(CS)NC(=O)OC(C)(C)C)C(C(=O)Nc1c(C)cccc1C)c1ccc(O)c(C)c1. The van der Waals surface area contributed by atoms with Crippen molar-refractivity contribution in [2.45, 2.75) is 85.5 Å². The Morgan fingerprint density at radius 3 is 2.16 bits per heavy atom. The van der Waals surface area contributed by atoms with Gasteiger partial charge in [-0.25, -0.2) is 4.79 Å². The molecular weight excluding hydrogens is 502 g/mol. The van der Waals surface area contributed by atoms with Crippen LogP contribution in [-0.2, 0) is 14.3 Å². The highest BCUT2D eigenvalue weighted by Crippen LogP contribution is 2.31. The Balaban J connectivity index is 2.59. The molecular formula is C29H41N3O5S. The lowest BCUT2D eigenvalue weighted by molar-refractivity contribution is -0.142. The minimum absolute atomic E-state index is 0.00482. The Bertz CT molecular complexity index is 1140. The molecule has 2 rings (SSSR count). The maximum atomic E-state index is 14.0. The molecule has 9 heteroatoms. The molecule has 208 valence electrons. The lowest BCUT2D eigenvalue weighted by Gasteiger charge is -2.38. The van der Waals surface area contributed by atoms with Crippen molar-refractivity contribution in [1.82, 2.24) is 10.2 Å². The number of phenolic OH excluding ortho intramolecular Hbond substituents is 1. The van der Waals surface area contributed by atoms with Crippen molar-refractivity contribution in [2.75, 3.05) is 11.1 Å². The molecule has 8 nitrogen and oxygen atoms in total. The highest BCUT2D eigenvalue weighted by Gasteiger charge is 2.38. The average molecular weight is 544 g/mol. The van der Waals surface area contributed by atoms with E-state index in [9.17, 15) is 19.5 Å². The Hall–Kier alpha value is -3.20. The van der Waals surface area contributed by atoms with Crippen LogP contribution < -0.4 is 10.6 Å². The van der Waals surface area contributed by atoms with Gasteiger partial charge in [-0.05, 0) is 89.3 Å². The Labute approximate surface area is 231 Å². The summed E-state index contributed by atoms with van der Waals surface area (Å²) in [5.74, 6) is -0.780. The smallest absolute Gasteiger partial charge is 0.408 e. The number of aromatic hydroxyl groups is 1. The molecule has 2 aromatic rings. The van der Waals surface area contributed by atoms with Gasteiger partial charge in [0.2, 0.25) is 5.91 Å². The van der Waals surface area contributed by atoms with E-state index in [0.717, 1.165) is 11.1 Å². The van der Waals surface area contributed by atoms with Crippen LogP contribution in [0.25, 0.3) is 0 Å². The second kappa shape index (κ2) is 13.0. The molecule has 0 saturated carbocycles. The lowest BCUT2D eigenvalue weighted by Crippen LogP contribution is -2.55. The number of hydrogen-bond acceptors (Lipinski definition) is 6. The minimum Gasteiger partial charge on any atom is -0.508 e. The highest BCUT2D eigenvalue weighted by molar-refractivity contribution is 7.80. The Morgan fingerprint density at radius 2 is 1.66 bits per heavy atom. The second-order valence-electron chi connectivity index (χ2n) is 10.6. The quantitative estimate of drug-likeness (QED) is 0.315.